The number of aromatic nitrogens is 4. The van der Waals surface area contributed by atoms with E-state index >= 15 is 0 Å². The number of hydrogen-bond acceptors (Lipinski definition) is 6. The summed E-state index contributed by atoms with van der Waals surface area (Å²) in [5.74, 6) is -0.239. The van der Waals surface area contributed by atoms with Crippen LogP contribution in [0.5, 0.6) is 11.8 Å². The molecule has 2 aromatic heterocycles. The quantitative estimate of drug-likeness (QED) is 0.542. The molecule has 4 aromatic rings. The van der Waals surface area contributed by atoms with Gasteiger partial charge in [-0.2, -0.15) is 4.98 Å². The fourth-order valence-electron chi connectivity index (χ4n) is 2.99. The normalized spacial score (nSPS) is 11.0. The van der Waals surface area contributed by atoms with Crippen LogP contribution in [0.4, 0.5) is 4.39 Å². The summed E-state index contributed by atoms with van der Waals surface area (Å²) in [5, 5.41) is 10.6. The summed E-state index contributed by atoms with van der Waals surface area (Å²) in [6.45, 7) is 0. The second-order valence-corrected chi connectivity index (χ2v) is 6.09. The molecule has 0 radical (unpaired) electrons. The lowest BCUT2D eigenvalue weighted by Crippen LogP contribution is -2.03. The highest BCUT2D eigenvalue weighted by Gasteiger charge is 2.22. The van der Waals surface area contributed by atoms with Gasteiger partial charge in [0.15, 0.2) is 16.8 Å². The maximum atomic E-state index is 14.3. The van der Waals surface area contributed by atoms with Gasteiger partial charge in [-0.3, -0.25) is 4.57 Å². The number of nitrogens with zero attached hydrogens (tertiary/aromatic N) is 4. The molecular weight excluding hydrogens is 367 g/mol. The van der Waals surface area contributed by atoms with E-state index in [2.05, 4.69) is 27.8 Å². The van der Waals surface area contributed by atoms with Crippen LogP contribution in [0.2, 0.25) is 0 Å². The topological polar surface area (TPSA) is 62.1 Å². The maximum absolute atomic E-state index is 14.3. The lowest BCUT2D eigenvalue weighted by atomic mass is 10.1. The van der Waals surface area contributed by atoms with E-state index in [0.717, 1.165) is 16.5 Å². The van der Waals surface area contributed by atoms with E-state index in [9.17, 15) is 4.39 Å². The Hall–Kier alpha value is -3.13. The minimum absolute atomic E-state index is 0.155. The Balaban J connectivity index is 2.00. The Morgan fingerprint density at radius 1 is 0.963 bits per heavy atom. The highest BCUT2D eigenvalue weighted by atomic mass is 32.1. The number of benzene rings is 2. The molecule has 8 heteroatoms. The summed E-state index contributed by atoms with van der Waals surface area (Å²) in [6.07, 6.45) is 0. The van der Waals surface area contributed by atoms with Crippen LogP contribution in [0, 0.1) is 5.82 Å². The number of fused-ring (bicyclic) bond motifs is 1. The van der Waals surface area contributed by atoms with E-state index in [1.807, 2.05) is 42.5 Å². The molecule has 27 heavy (non-hydrogen) atoms. The van der Waals surface area contributed by atoms with Crippen molar-refractivity contribution in [2.45, 2.75) is 5.16 Å². The van der Waals surface area contributed by atoms with Gasteiger partial charge in [0.1, 0.15) is 0 Å². The molecule has 0 fully saturated rings. The number of halogens is 1. The second-order valence-electron chi connectivity index (χ2n) is 5.69. The summed E-state index contributed by atoms with van der Waals surface area (Å²) in [7, 11) is 2.79. The zero-order valence-corrected chi connectivity index (χ0v) is 15.4. The highest BCUT2D eigenvalue weighted by molar-refractivity contribution is 7.80. The van der Waals surface area contributed by atoms with E-state index in [-0.39, 0.29) is 11.8 Å². The van der Waals surface area contributed by atoms with Gasteiger partial charge in [0.2, 0.25) is 5.88 Å². The average molecular weight is 382 g/mol. The Bertz CT molecular complexity index is 1140. The highest BCUT2D eigenvalue weighted by Crippen LogP contribution is 2.35. The number of thiol groups is 1. The fourth-order valence-corrected chi connectivity index (χ4v) is 3.24. The predicted octanol–water partition coefficient (Wildman–Crippen LogP) is 3.93. The van der Waals surface area contributed by atoms with Gasteiger partial charge in [-0.15, -0.1) is 22.8 Å². The first-order valence-electron chi connectivity index (χ1n) is 8.05. The van der Waals surface area contributed by atoms with Gasteiger partial charge in [0.25, 0.3) is 5.88 Å². The molecule has 0 unspecified atom stereocenters. The van der Waals surface area contributed by atoms with E-state index in [1.165, 1.54) is 20.3 Å². The predicted molar refractivity (Wildman–Crippen MR) is 102 cm³/mol. The molecule has 0 amide bonds. The van der Waals surface area contributed by atoms with Gasteiger partial charge < -0.3 is 9.47 Å². The van der Waals surface area contributed by atoms with Crippen molar-refractivity contribution in [2.24, 2.45) is 0 Å². The third-order valence-electron chi connectivity index (χ3n) is 4.19. The first kappa shape index (κ1) is 17.3. The fraction of sp³-hybridized carbons (Fsp3) is 0.105. The lowest BCUT2D eigenvalue weighted by molar-refractivity contribution is 0.346. The molecule has 2 heterocycles. The summed E-state index contributed by atoms with van der Waals surface area (Å²) >= 11 is 4.44. The number of hydrogen-bond donors (Lipinski definition) is 1. The molecule has 6 nitrogen and oxygen atoms in total. The average Bonchev–Trinajstić information content (AvgIpc) is 3.08. The van der Waals surface area contributed by atoms with Crippen molar-refractivity contribution in [1.29, 1.82) is 0 Å². The first-order valence-corrected chi connectivity index (χ1v) is 8.50. The van der Waals surface area contributed by atoms with E-state index in [1.54, 1.807) is 4.57 Å². The van der Waals surface area contributed by atoms with Crippen LogP contribution in [0.3, 0.4) is 0 Å². The summed E-state index contributed by atoms with van der Waals surface area (Å²) in [5.41, 5.74) is 1.16. The Kier molecular flexibility index (Phi) is 4.41. The molecule has 0 N–H and O–H groups in total. The number of ether oxygens (including phenoxy) is 2. The molecule has 0 aliphatic carbocycles. The van der Waals surface area contributed by atoms with Crippen LogP contribution in [-0.2, 0) is 0 Å². The molecular formula is C19H15FN4O2S. The summed E-state index contributed by atoms with van der Waals surface area (Å²) in [4.78, 5) is 4.07. The van der Waals surface area contributed by atoms with Gasteiger partial charge in [0, 0.05) is 5.39 Å². The minimum Gasteiger partial charge on any atom is -0.480 e. The number of pyridine rings is 1. The Morgan fingerprint density at radius 2 is 1.70 bits per heavy atom. The number of methoxy groups -OCH3 is 2. The van der Waals surface area contributed by atoms with Crippen molar-refractivity contribution in [3.8, 4) is 28.8 Å². The zero-order chi connectivity index (χ0) is 19.0. The minimum atomic E-state index is -0.624. The molecule has 0 atom stereocenters. The van der Waals surface area contributed by atoms with Gasteiger partial charge in [-0.05, 0) is 17.5 Å². The Morgan fingerprint density at radius 3 is 2.48 bits per heavy atom. The van der Waals surface area contributed by atoms with Gasteiger partial charge in [-0.1, -0.05) is 36.4 Å². The standard InChI is InChI=1S/C19H15FN4O2S/c1-25-17-13(10-14(20)18(21-17)26-2)16-22-23-19(27)24(16)15-9-5-7-11-6-3-4-8-12(11)15/h3-10H,1-2H3,(H,23,27). The summed E-state index contributed by atoms with van der Waals surface area (Å²) in [6, 6.07) is 15.0. The molecule has 0 aliphatic rings. The van der Waals surface area contributed by atoms with E-state index in [0.29, 0.717) is 16.5 Å². The van der Waals surface area contributed by atoms with Crippen LogP contribution >= 0.6 is 12.6 Å². The number of rotatable bonds is 4. The van der Waals surface area contributed by atoms with Crippen LogP contribution in [0.25, 0.3) is 27.8 Å². The van der Waals surface area contributed by atoms with Crippen molar-refractivity contribution in [1.82, 2.24) is 19.7 Å². The molecule has 0 saturated carbocycles. The van der Waals surface area contributed by atoms with E-state index in [4.69, 9.17) is 9.47 Å². The third kappa shape index (κ3) is 2.87. The molecule has 2 aromatic carbocycles. The largest absolute Gasteiger partial charge is 0.480 e. The van der Waals surface area contributed by atoms with Crippen LogP contribution in [-0.4, -0.2) is 34.0 Å². The maximum Gasteiger partial charge on any atom is 0.253 e. The molecule has 0 bridgehead atoms. The lowest BCUT2D eigenvalue weighted by Gasteiger charge is -2.13. The summed E-state index contributed by atoms with van der Waals surface area (Å²) < 4.78 is 26.3. The molecule has 136 valence electrons. The van der Waals surface area contributed by atoms with Gasteiger partial charge >= 0.3 is 0 Å². The van der Waals surface area contributed by atoms with Crippen molar-refractivity contribution < 1.29 is 13.9 Å². The monoisotopic (exact) mass is 382 g/mol. The zero-order valence-electron chi connectivity index (χ0n) is 14.5. The van der Waals surface area contributed by atoms with Gasteiger partial charge in [-0.25, -0.2) is 4.39 Å². The second kappa shape index (κ2) is 6.88. The van der Waals surface area contributed by atoms with Crippen molar-refractivity contribution in [3.63, 3.8) is 0 Å². The van der Waals surface area contributed by atoms with Crippen molar-refractivity contribution in [2.75, 3.05) is 14.2 Å². The van der Waals surface area contributed by atoms with Crippen LogP contribution in [0.1, 0.15) is 0 Å². The molecule has 0 spiro atoms. The van der Waals surface area contributed by atoms with Crippen LogP contribution in [0.15, 0.2) is 53.7 Å². The first-order chi connectivity index (χ1) is 13.1. The third-order valence-corrected chi connectivity index (χ3v) is 4.48. The molecule has 0 saturated heterocycles. The Labute approximate surface area is 160 Å². The van der Waals surface area contributed by atoms with Crippen molar-refractivity contribution in [3.05, 3.63) is 54.3 Å². The SMILES string of the molecule is COc1nc(OC)c(-c2nnc(S)n2-c2cccc3ccccc23)cc1F. The van der Waals surface area contributed by atoms with E-state index < -0.39 is 5.82 Å². The van der Waals surface area contributed by atoms with Crippen molar-refractivity contribution >= 4 is 23.4 Å². The molecule has 4 rings (SSSR count). The van der Waals surface area contributed by atoms with Gasteiger partial charge in [0.05, 0.1) is 25.5 Å². The smallest absolute Gasteiger partial charge is 0.253 e. The molecule has 0 aliphatic heterocycles. The van der Waals surface area contributed by atoms with Crippen LogP contribution < -0.4 is 9.47 Å².